The monoisotopic (exact) mass is 420 g/mol. The molecule has 0 aliphatic carbocycles. The highest BCUT2D eigenvalue weighted by molar-refractivity contribution is 5.51. The van der Waals surface area contributed by atoms with Gasteiger partial charge in [0.1, 0.15) is 17.2 Å². The van der Waals surface area contributed by atoms with Crippen molar-refractivity contribution in [1.82, 2.24) is 9.47 Å². The lowest BCUT2D eigenvalue weighted by Gasteiger charge is -2.32. The summed E-state index contributed by atoms with van der Waals surface area (Å²) in [7, 11) is 5.06. The molecule has 2 heterocycles. The highest BCUT2D eigenvalue weighted by Crippen LogP contribution is 2.40. The van der Waals surface area contributed by atoms with E-state index >= 15 is 0 Å². The van der Waals surface area contributed by atoms with E-state index in [2.05, 4.69) is 59.8 Å². The van der Waals surface area contributed by atoms with Crippen molar-refractivity contribution in [3.05, 3.63) is 76.6 Å². The first-order chi connectivity index (χ1) is 15.0. The fraction of sp³-hybridized carbons (Fsp3) is 0.385. The fourth-order valence-corrected chi connectivity index (χ4v) is 4.66. The minimum Gasteiger partial charge on any atom is -0.496 e. The molecule has 0 saturated heterocycles. The Morgan fingerprint density at radius 3 is 2.32 bits per heavy atom. The smallest absolute Gasteiger partial charge is 0.130 e. The number of hydrogen-bond acceptors (Lipinski definition) is 4. The molecule has 1 aromatic heterocycles. The van der Waals surface area contributed by atoms with Crippen LogP contribution in [0.1, 0.15) is 40.4 Å². The molecule has 0 fully saturated rings. The van der Waals surface area contributed by atoms with Gasteiger partial charge in [0, 0.05) is 43.7 Å². The van der Waals surface area contributed by atoms with Gasteiger partial charge in [-0.05, 0) is 43.5 Å². The van der Waals surface area contributed by atoms with E-state index in [4.69, 9.17) is 14.2 Å². The van der Waals surface area contributed by atoms with Crippen molar-refractivity contribution >= 4 is 0 Å². The number of rotatable bonds is 6. The van der Waals surface area contributed by atoms with Gasteiger partial charge in [-0.2, -0.15) is 0 Å². The first kappa shape index (κ1) is 21.3. The second-order valence-electron chi connectivity index (χ2n) is 8.22. The Balaban J connectivity index is 1.82. The van der Waals surface area contributed by atoms with Gasteiger partial charge in [-0.25, -0.2) is 0 Å². The molecule has 31 heavy (non-hydrogen) atoms. The molecule has 5 heteroatoms. The van der Waals surface area contributed by atoms with Crippen LogP contribution in [0.4, 0.5) is 0 Å². The van der Waals surface area contributed by atoms with Crippen LogP contribution in [0.2, 0.25) is 0 Å². The lowest BCUT2D eigenvalue weighted by molar-refractivity contribution is 0.213. The zero-order chi connectivity index (χ0) is 22.0. The first-order valence-electron chi connectivity index (χ1n) is 10.8. The average Bonchev–Trinajstić information content (AvgIpc) is 3.17. The largest absolute Gasteiger partial charge is 0.496 e. The zero-order valence-electron chi connectivity index (χ0n) is 19.1. The van der Waals surface area contributed by atoms with Crippen molar-refractivity contribution in [3.8, 4) is 17.2 Å². The number of nitrogens with zero attached hydrogens (tertiary/aromatic N) is 2. The number of hydrogen-bond donors (Lipinski definition) is 0. The number of benzene rings is 2. The van der Waals surface area contributed by atoms with Gasteiger partial charge in [0.05, 0.1) is 32.9 Å². The van der Waals surface area contributed by atoms with Gasteiger partial charge in [-0.1, -0.05) is 23.8 Å². The van der Waals surface area contributed by atoms with E-state index in [1.807, 2.05) is 12.1 Å². The number of ether oxygens (including phenoxy) is 3. The van der Waals surface area contributed by atoms with Crippen molar-refractivity contribution in [2.75, 3.05) is 27.9 Å². The molecule has 4 rings (SSSR count). The van der Waals surface area contributed by atoms with Crippen LogP contribution in [0.3, 0.4) is 0 Å². The number of aromatic nitrogens is 1. The maximum absolute atomic E-state index is 5.75. The molecule has 1 aliphatic heterocycles. The maximum atomic E-state index is 5.75. The highest BCUT2D eigenvalue weighted by atomic mass is 16.5. The fourth-order valence-electron chi connectivity index (χ4n) is 4.66. The Morgan fingerprint density at radius 2 is 1.65 bits per heavy atom. The summed E-state index contributed by atoms with van der Waals surface area (Å²) in [5.41, 5.74) is 6.32. The molecular weight excluding hydrogens is 388 g/mol. The molecule has 164 valence electrons. The molecule has 0 bridgehead atoms. The Bertz CT molecular complexity index is 1030. The third kappa shape index (κ3) is 4.15. The molecule has 1 atom stereocenters. The molecule has 2 aromatic carbocycles. The van der Waals surface area contributed by atoms with Crippen LogP contribution in [-0.4, -0.2) is 37.3 Å². The van der Waals surface area contributed by atoms with Gasteiger partial charge in [0.2, 0.25) is 0 Å². The van der Waals surface area contributed by atoms with Crippen molar-refractivity contribution in [3.63, 3.8) is 0 Å². The van der Waals surface area contributed by atoms with Crippen LogP contribution in [0, 0.1) is 13.8 Å². The highest BCUT2D eigenvalue weighted by Gasteiger charge is 2.30. The minimum absolute atomic E-state index is 0.161. The summed E-state index contributed by atoms with van der Waals surface area (Å²) >= 11 is 0. The van der Waals surface area contributed by atoms with Gasteiger partial charge in [0.15, 0.2) is 0 Å². The molecule has 0 unspecified atom stereocenters. The maximum Gasteiger partial charge on any atom is 0.130 e. The van der Waals surface area contributed by atoms with Gasteiger partial charge < -0.3 is 18.8 Å². The lowest BCUT2D eigenvalue weighted by Crippen LogP contribution is -2.30. The Labute approximate surface area is 185 Å². The minimum atomic E-state index is 0.161. The Hall–Kier alpha value is -2.92. The van der Waals surface area contributed by atoms with E-state index in [-0.39, 0.29) is 6.04 Å². The van der Waals surface area contributed by atoms with Crippen LogP contribution in [0.5, 0.6) is 17.2 Å². The van der Waals surface area contributed by atoms with Crippen molar-refractivity contribution in [1.29, 1.82) is 0 Å². The predicted octanol–water partition coefficient (Wildman–Crippen LogP) is 5.13. The molecule has 1 aliphatic rings. The Kier molecular flexibility index (Phi) is 6.23. The molecule has 0 radical (unpaired) electrons. The van der Waals surface area contributed by atoms with E-state index in [9.17, 15) is 0 Å². The molecule has 0 amide bonds. The molecule has 5 nitrogen and oxygen atoms in total. The third-order valence-corrected chi connectivity index (χ3v) is 6.26. The van der Waals surface area contributed by atoms with Crippen LogP contribution in [-0.2, 0) is 13.1 Å². The zero-order valence-corrected chi connectivity index (χ0v) is 19.1. The molecule has 0 saturated carbocycles. The number of methoxy groups -OCH3 is 3. The molecule has 0 N–H and O–H groups in total. The summed E-state index contributed by atoms with van der Waals surface area (Å²) in [6.45, 7) is 7.10. The topological polar surface area (TPSA) is 35.9 Å². The van der Waals surface area contributed by atoms with Crippen LogP contribution >= 0.6 is 0 Å². The Morgan fingerprint density at radius 1 is 0.903 bits per heavy atom. The van der Waals surface area contributed by atoms with E-state index in [0.717, 1.165) is 48.9 Å². The van der Waals surface area contributed by atoms with E-state index < -0.39 is 0 Å². The van der Waals surface area contributed by atoms with Crippen molar-refractivity contribution < 1.29 is 14.2 Å². The second-order valence-corrected chi connectivity index (χ2v) is 8.22. The van der Waals surface area contributed by atoms with Crippen molar-refractivity contribution in [2.24, 2.45) is 0 Å². The first-order valence-corrected chi connectivity index (χ1v) is 10.8. The summed E-state index contributed by atoms with van der Waals surface area (Å²) in [5, 5.41) is 0. The van der Waals surface area contributed by atoms with Gasteiger partial charge in [0.25, 0.3) is 0 Å². The van der Waals surface area contributed by atoms with Gasteiger partial charge in [-0.3, -0.25) is 4.90 Å². The van der Waals surface area contributed by atoms with Crippen molar-refractivity contribution in [2.45, 2.75) is 39.4 Å². The molecule has 3 aromatic rings. The van der Waals surface area contributed by atoms with E-state index in [1.54, 1.807) is 21.3 Å². The summed E-state index contributed by atoms with van der Waals surface area (Å²) in [6.07, 6.45) is 3.29. The lowest BCUT2D eigenvalue weighted by atomic mass is 9.95. The summed E-state index contributed by atoms with van der Waals surface area (Å²) in [5.74, 6) is 2.30. The third-order valence-electron chi connectivity index (χ3n) is 6.26. The van der Waals surface area contributed by atoms with Crippen LogP contribution in [0.15, 0.2) is 48.7 Å². The average molecular weight is 421 g/mol. The SMILES string of the molecule is COc1cc(OC)c(CN2CCCn3cccc3[C@@H]2c2cc(C)ccc2C)c(OC)c1. The van der Waals surface area contributed by atoms with Gasteiger partial charge >= 0.3 is 0 Å². The number of fused-ring (bicyclic) bond motifs is 1. The quantitative estimate of drug-likeness (QED) is 0.554. The standard InChI is InChI=1S/C26H32N2O3/c1-18-9-10-19(2)21(14-18)26-23-8-6-11-27(23)12-7-13-28(26)17-22-24(30-4)15-20(29-3)16-25(22)31-5/h6,8-11,14-16,26H,7,12-13,17H2,1-5H3/t26-/m0/s1. The summed E-state index contributed by atoms with van der Waals surface area (Å²) in [6, 6.07) is 15.2. The second kappa shape index (κ2) is 9.06. The van der Waals surface area contributed by atoms with E-state index in [1.165, 1.54) is 22.4 Å². The number of aryl methyl sites for hydroxylation is 3. The molecular formula is C26H32N2O3. The normalized spacial score (nSPS) is 16.5. The molecule has 0 spiro atoms. The summed E-state index contributed by atoms with van der Waals surface area (Å²) in [4.78, 5) is 2.55. The van der Waals surface area contributed by atoms with E-state index in [0.29, 0.717) is 0 Å². The summed E-state index contributed by atoms with van der Waals surface area (Å²) < 4.78 is 19.3. The van der Waals surface area contributed by atoms with Crippen LogP contribution in [0.25, 0.3) is 0 Å². The van der Waals surface area contributed by atoms with Gasteiger partial charge in [-0.15, -0.1) is 0 Å². The predicted molar refractivity (Wildman–Crippen MR) is 123 cm³/mol. The van der Waals surface area contributed by atoms with Crippen LogP contribution < -0.4 is 14.2 Å².